The van der Waals surface area contributed by atoms with Gasteiger partial charge in [0.2, 0.25) is 0 Å². The number of esters is 2. The highest BCUT2D eigenvalue weighted by Gasteiger charge is 2.48. The minimum Gasteiger partial charge on any atom is -0.487 e. The molecule has 6 aromatic rings. The van der Waals surface area contributed by atoms with Gasteiger partial charge in [0.15, 0.2) is 6.29 Å². The number of benzene rings is 6. The van der Waals surface area contributed by atoms with Crippen molar-refractivity contribution in [2.75, 3.05) is 6.61 Å². The van der Waals surface area contributed by atoms with Crippen LogP contribution in [0, 0.1) is 5.41 Å². The summed E-state index contributed by atoms with van der Waals surface area (Å²) < 4.78 is 51.8. The van der Waals surface area contributed by atoms with Gasteiger partial charge >= 0.3 is 29.8 Å². The van der Waals surface area contributed by atoms with E-state index in [4.69, 9.17) is 37.9 Å². The van der Waals surface area contributed by atoms with Gasteiger partial charge < -0.3 is 53.2 Å². The molecule has 0 saturated heterocycles. The molecule has 23 heteroatoms. The number of ether oxygens (including phenoxy) is 8. The summed E-state index contributed by atoms with van der Waals surface area (Å²) in [7, 11) is 0. The van der Waals surface area contributed by atoms with Gasteiger partial charge in [0.1, 0.15) is 95.9 Å². The second-order valence-electron chi connectivity index (χ2n) is 41.5. The van der Waals surface area contributed by atoms with Gasteiger partial charge in [-0.15, -0.1) is 0 Å². The van der Waals surface area contributed by atoms with Crippen molar-refractivity contribution in [3.05, 3.63) is 178 Å². The van der Waals surface area contributed by atoms with E-state index in [9.17, 15) is 44.1 Å². The maximum Gasteiger partial charge on any atom is 0.342 e. The van der Waals surface area contributed by atoms with Gasteiger partial charge in [0, 0.05) is 60.2 Å². The van der Waals surface area contributed by atoms with E-state index in [0.29, 0.717) is 52.0 Å². The second-order valence-corrected chi connectivity index (χ2v) is 47.0. The van der Waals surface area contributed by atoms with Crippen LogP contribution in [-0.2, 0) is 42.0 Å². The van der Waals surface area contributed by atoms with Gasteiger partial charge in [-0.3, -0.25) is 4.79 Å². The number of rotatable bonds is 8. The van der Waals surface area contributed by atoms with Crippen LogP contribution in [0.15, 0.2) is 111 Å². The summed E-state index contributed by atoms with van der Waals surface area (Å²) in [4.78, 5) is 70.2. The van der Waals surface area contributed by atoms with Crippen LogP contribution in [0.3, 0.4) is 0 Å². The quantitative estimate of drug-likeness (QED) is 0.0729. The lowest BCUT2D eigenvalue weighted by Crippen LogP contribution is -2.42. The number of fused-ring (bicyclic) bond motifs is 6. The van der Waals surface area contributed by atoms with Crippen LogP contribution in [0.1, 0.15) is 356 Å². The SMILES string of the molecule is CC(C)(C)COC(=O)c1cc(Br)cc2c1OC(C)(C)CC2(C)C.CC(C)OC(=O)c1cc(Br)cc2c1OC(C)(C)CC2(C)C.CC1(C)CC(C)(C)c2cc(Br)cc(C(=O)O)c2O1.CC1(C)CC(C)(C)c2cc(Br)cc(C(=O)O)c2O1.CC1(C)CC(C)(C)c2cc(Br)cc(C(=O)O)c2O1.CC1(C)CC(C)(C)c2cc(Br)cc(C=O)c2O1.CC=C(C)C. The number of aromatic carboxylic acids is 3. The number of carbonyl (C=O) groups excluding carboxylic acids is 3. The number of carbonyl (C=O) groups is 6. The van der Waals surface area contributed by atoms with E-state index < -0.39 is 17.9 Å². The topological polar surface area (TPSA) is 237 Å². The Morgan fingerprint density at radius 1 is 0.367 bits per heavy atom. The van der Waals surface area contributed by atoms with Crippen LogP contribution < -0.4 is 28.4 Å². The molecular formula is C97H128Br6O17. The van der Waals surface area contributed by atoms with Crippen molar-refractivity contribution in [1.82, 2.24) is 0 Å². The fourth-order valence-corrected chi connectivity index (χ4v) is 20.4. The first-order chi connectivity index (χ1) is 54.2. The van der Waals surface area contributed by atoms with Gasteiger partial charge in [0.05, 0.1) is 18.3 Å². The molecule has 6 aliphatic rings. The summed E-state index contributed by atoms with van der Waals surface area (Å²) in [5.41, 5.74) is 7.30. The standard InChI is InChI=1S/C19H27BrO3.C17H23BrO3.3C14H17BrO3.C14H17BrO2.C5H10/c1-17(2,3)11-22-16(21)13-8-12(20)9-14-15(13)23-19(6,7)10-18(14,4)5;1-10(2)20-15(19)12-7-11(18)8-13-14(12)21-17(5,6)9-16(13,3)4;3*1-13(2)7-14(3,4)18-11-9(12(16)17)5-8(15)6-10(11)13;1-13(2)8-14(3,4)17-12-9(7-16)5-10(15)6-11(12)13;1-4-5(2)3/h8-9H,10-11H2,1-7H3;7-8,10H,9H2,1-6H3;3*5-6H,7H2,1-4H3,(H,16,17);5-7H,8H2,1-4H3;4H,1-3H3. The average Bonchev–Trinajstić information content (AvgIpc) is 0.777. The Bertz CT molecular complexity index is 4670. The Hall–Kier alpha value is -6.24. The third kappa shape index (κ3) is 26.9. The predicted octanol–water partition coefficient (Wildman–Crippen LogP) is 28.4. The predicted molar refractivity (Wildman–Crippen MR) is 501 cm³/mol. The molecule has 3 N–H and O–H groups in total. The van der Waals surface area contributed by atoms with Crippen molar-refractivity contribution >= 4 is 132 Å². The lowest BCUT2D eigenvalue weighted by atomic mass is 9.73. The molecule has 6 aromatic carbocycles. The zero-order valence-electron chi connectivity index (χ0n) is 76.4. The van der Waals surface area contributed by atoms with Gasteiger partial charge in [-0.1, -0.05) is 211 Å². The van der Waals surface area contributed by atoms with E-state index in [1.54, 1.807) is 30.3 Å². The Balaban J connectivity index is 0.000000221. The molecule has 17 nitrogen and oxygen atoms in total. The first-order valence-corrected chi connectivity index (χ1v) is 45.3. The Labute approximate surface area is 764 Å². The molecule has 120 heavy (non-hydrogen) atoms. The van der Waals surface area contributed by atoms with Crippen LogP contribution in [0.5, 0.6) is 34.5 Å². The largest absolute Gasteiger partial charge is 0.487 e. The maximum atomic E-state index is 12.6. The summed E-state index contributed by atoms with van der Waals surface area (Å²) in [6.07, 6.45) is 8.05. The van der Waals surface area contributed by atoms with E-state index in [-0.39, 0.29) is 106 Å². The highest BCUT2D eigenvalue weighted by atomic mass is 79.9. The fraction of sp³-hybridized carbons (Fsp3) is 0.546. The molecule has 0 atom stereocenters. The summed E-state index contributed by atoms with van der Waals surface area (Å²) in [6, 6.07) is 22.2. The molecule has 0 amide bonds. The van der Waals surface area contributed by atoms with Gasteiger partial charge in [-0.25, -0.2) is 24.0 Å². The van der Waals surface area contributed by atoms with E-state index in [2.05, 4.69) is 246 Å². The van der Waals surface area contributed by atoms with Gasteiger partial charge in [-0.05, 0) is 267 Å². The number of hydrogen-bond donors (Lipinski definition) is 3. The lowest BCUT2D eigenvalue weighted by molar-refractivity contribution is 0.0307. The molecule has 6 aliphatic heterocycles. The molecule has 0 radical (unpaired) electrons. The van der Waals surface area contributed by atoms with Crippen molar-refractivity contribution in [3.63, 3.8) is 0 Å². The first kappa shape index (κ1) is 103. The zero-order valence-corrected chi connectivity index (χ0v) is 86.0. The van der Waals surface area contributed by atoms with E-state index in [1.807, 2.05) is 119 Å². The van der Waals surface area contributed by atoms with E-state index in [0.717, 1.165) is 111 Å². The number of halogens is 6. The maximum absolute atomic E-state index is 12.6. The third-order valence-electron chi connectivity index (χ3n) is 21.0. The van der Waals surface area contributed by atoms with Crippen LogP contribution in [0.4, 0.5) is 0 Å². The van der Waals surface area contributed by atoms with Crippen molar-refractivity contribution in [2.45, 2.75) is 332 Å². The molecule has 12 rings (SSSR count). The van der Waals surface area contributed by atoms with E-state index >= 15 is 0 Å². The van der Waals surface area contributed by atoms with Crippen LogP contribution >= 0.6 is 95.6 Å². The number of allylic oxidation sites excluding steroid dienone is 2. The smallest absolute Gasteiger partial charge is 0.342 e. The third-order valence-corrected chi connectivity index (χ3v) is 23.8. The minimum absolute atomic E-state index is 0.0125. The number of carboxylic acid groups (broad SMARTS) is 3. The molecule has 0 spiro atoms. The molecule has 660 valence electrons. The molecule has 0 saturated carbocycles. The Morgan fingerprint density at radius 3 is 0.775 bits per heavy atom. The van der Waals surface area contributed by atoms with Crippen molar-refractivity contribution in [2.24, 2.45) is 5.41 Å². The Kier molecular flexibility index (Phi) is 32.1. The number of hydrogen-bond acceptors (Lipinski definition) is 14. The molecule has 6 heterocycles. The minimum atomic E-state index is -0.957. The molecule has 0 unspecified atom stereocenters. The summed E-state index contributed by atoms with van der Waals surface area (Å²) >= 11 is 20.6. The van der Waals surface area contributed by atoms with Crippen molar-refractivity contribution < 1.29 is 82.0 Å². The normalized spacial score (nSPS) is 19.0. The second kappa shape index (κ2) is 37.5. The summed E-state index contributed by atoms with van der Waals surface area (Å²) in [5.74, 6) is 0.0407. The molecule has 0 fully saturated rings. The number of carboxylic acids is 3. The van der Waals surface area contributed by atoms with Gasteiger partial charge in [0.25, 0.3) is 0 Å². The summed E-state index contributed by atoms with van der Waals surface area (Å²) in [6.45, 7) is 66.5. The molecule has 0 bridgehead atoms. The van der Waals surface area contributed by atoms with Crippen LogP contribution in [0.25, 0.3) is 0 Å². The summed E-state index contributed by atoms with van der Waals surface area (Å²) in [5, 5.41) is 27.9. The highest BCUT2D eigenvalue weighted by molar-refractivity contribution is 9.11. The molecule has 0 aliphatic carbocycles. The fourth-order valence-electron chi connectivity index (χ4n) is 17.6. The first-order valence-electron chi connectivity index (χ1n) is 40.5. The highest BCUT2D eigenvalue weighted by Crippen LogP contribution is 2.54. The number of aldehydes is 1. The molecular weight excluding hydrogens is 1920 g/mol. The molecule has 0 aromatic heterocycles. The van der Waals surface area contributed by atoms with Crippen molar-refractivity contribution in [1.29, 1.82) is 0 Å². The van der Waals surface area contributed by atoms with Crippen LogP contribution in [-0.4, -0.2) is 97.8 Å². The average molecular weight is 2050 g/mol. The van der Waals surface area contributed by atoms with Crippen LogP contribution in [0.2, 0.25) is 0 Å². The zero-order chi connectivity index (χ0) is 91.9. The Morgan fingerprint density at radius 2 is 0.567 bits per heavy atom. The van der Waals surface area contributed by atoms with Gasteiger partial charge in [-0.2, -0.15) is 0 Å². The lowest BCUT2D eigenvalue weighted by Gasteiger charge is -2.43. The monoisotopic (exact) mass is 2040 g/mol. The van der Waals surface area contributed by atoms with E-state index in [1.165, 1.54) is 5.57 Å². The van der Waals surface area contributed by atoms with Crippen molar-refractivity contribution in [3.8, 4) is 34.5 Å².